The van der Waals surface area contributed by atoms with E-state index >= 15 is 0 Å². The number of aromatic hydroxyl groups is 1. The third-order valence-corrected chi connectivity index (χ3v) is 3.36. The van der Waals surface area contributed by atoms with Crippen molar-refractivity contribution < 1.29 is 9.90 Å². The van der Waals surface area contributed by atoms with E-state index in [9.17, 15) is 9.90 Å². The van der Waals surface area contributed by atoms with Crippen molar-refractivity contribution in [1.82, 2.24) is 0 Å². The summed E-state index contributed by atoms with van der Waals surface area (Å²) in [4.78, 5) is 11.4. The molecule has 2 heteroatoms. The lowest BCUT2D eigenvalue weighted by Gasteiger charge is -2.07. The molecule has 23 heavy (non-hydrogen) atoms. The van der Waals surface area contributed by atoms with Gasteiger partial charge in [-0.15, -0.1) is 0 Å². The average Bonchev–Trinajstić information content (AvgIpc) is 2.54. The fraction of sp³-hybridized carbons (Fsp3) is 0.381. The molecule has 0 amide bonds. The van der Waals surface area contributed by atoms with Gasteiger partial charge in [-0.3, -0.25) is 4.79 Å². The van der Waals surface area contributed by atoms with Crippen LogP contribution >= 0.6 is 0 Å². The van der Waals surface area contributed by atoms with E-state index in [-0.39, 0.29) is 11.5 Å². The molecule has 0 bridgehead atoms. The summed E-state index contributed by atoms with van der Waals surface area (Å²) in [6.45, 7) is 13.7. The van der Waals surface area contributed by atoms with Crippen LogP contribution in [-0.2, 0) is 6.42 Å². The second kappa shape index (κ2) is 10.6. The quantitative estimate of drug-likeness (QED) is 0.721. The summed E-state index contributed by atoms with van der Waals surface area (Å²) in [6.07, 6.45) is 0.718. The molecule has 2 aromatic rings. The molecule has 2 aromatic carbocycles. The molecule has 0 aliphatic carbocycles. The monoisotopic (exact) mass is 314 g/mol. The lowest BCUT2D eigenvalue weighted by Crippen LogP contribution is -1.96. The molecule has 2 nitrogen and oxygen atoms in total. The van der Waals surface area contributed by atoms with Crippen LogP contribution in [0.3, 0.4) is 0 Å². The van der Waals surface area contributed by atoms with E-state index in [4.69, 9.17) is 0 Å². The van der Waals surface area contributed by atoms with Crippen molar-refractivity contribution in [3.8, 4) is 5.75 Å². The number of phenolic OH excluding ortho intramolecular Hbond substituents is 1. The van der Waals surface area contributed by atoms with E-state index in [0.717, 1.165) is 12.0 Å². The van der Waals surface area contributed by atoms with Gasteiger partial charge in [0.15, 0.2) is 5.78 Å². The topological polar surface area (TPSA) is 37.3 Å². The first-order valence-electron chi connectivity index (χ1n) is 8.35. The van der Waals surface area contributed by atoms with Crippen LogP contribution in [0.2, 0.25) is 0 Å². The highest BCUT2D eigenvalue weighted by atomic mass is 16.3. The Labute approximate surface area is 141 Å². The number of carbonyl (C=O) groups excluding carboxylic acids is 1. The third-order valence-electron chi connectivity index (χ3n) is 3.36. The zero-order valence-corrected chi connectivity index (χ0v) is 15.5. The van der Waals surface area contributed by atoms with E-state index < -0.39 is 0 Å². The number of hydrogen-bond acceptors (Lipinski definition) is 2. The van der Waals surface area contributed by atoms with Gasteiger partial charge >= 0.3 is 0 Å². The van der Waals surface area contributed by atoms with Crippen LogP contribution in [0.1, 0.15) is 67.2 Å². The molecular formula is C21H30O2. The van der Waals surface area contributed by atoms with Crippen LogP contribution in [0, 0.1) is 13.8 Å². The maximum absolute atomic E-state index is 11.4. The Morgan fingerprint density at radius 1 is 0.870 bits per heavy atom. The van der Waals surface area contributed by atoms with Crippen LogP contribution < -0.4 is 0 Å². The fourth-order valence-electron chi connectivity index (χ4n) is 2.13. The molecule has 0 aromatic heterocycles. The van der Waals surface area contributed by atoms with Gasteiger partial charge < -0.3 is 5.11 Å². The minimum atomic E-state index is -0.0303. The van der Waals surface area contributed by atoms with E-state index in [2.05, 4.69) is 32.0 Å². The predicted octanol–water partition coefficient (Wildman–Crippen LogP) is 5.85. The Morgan fingerprint density at radius 3 is 2.00 bits per heavy atom. The van der Waals surface area contributed by atoms with Crippen molar-refractivity contribution in [1.29, 1.82) is 0 Å². The van der Waals surface area contributed by atoms with Crippen molar-refractivity contribution in [2.75, 3.05) is 0 Å². The summed E-state index contributed by atoms with van der Waals surface area (Å²) in [5, 5.41) is 9.67. The second-order valence-electron chi connectivity index (χ2n) is 5.04. The van der Waals surface area contributed by atoms with Gasteiger partial charge in [-0.1, -0.05) is 45.9 Å². The maximum Gasteiger partial charge on any atom is 0.159 e. The van der Waals surface area contributed by atoms with Crippen LogP contribution in [0.5, 0.6) is 5.75 Å². The molecule has 0 spiro atoms. The molecule has 0 heterocycles. The highest BCUT2D eigenvalue weighted by molar-refractivity contribution is 5.94. The molecule has 2 rings (SSSR count). The van der Waals surface area contributed by atoms with Gasteiger partial charge in [0.05, 0.1) is 0 Å². The van der Waals surface area contributed by atoms with Gasteiger partial charge in [-0.25, -0.2) is 0 Å². The predicted molar refractivity (Wildman–Crippen MR) is 99.5 cm³/mol. The van der Waals surface area contributed by atoms with Crippen LogP contribution in [0.25, 0.3) is 0 Å². The number of Topliss-reactive ketones (excluding diaryl/α,β-unsaturated/α-hetero) is 1. The molecule has 0 radical (unpaired) electrons. The number of rotatable bonds is 3. The minimum Gasteiger partial charge on any atom is -0.508 e. The zero-order chi connectivity index (χ0) is 18.0. The van der Waals surface area contributed by atoms with Gasteiger partial charge in [0.2, 0.25) is 0 Å². The lowest BCUT2D eigenvalue weighted by molar-refractivity contribution is 0.101. The maximum atomic E-state index is 11.4. The Morgan fingerprint density at radius 2 is 1.48 bits per heavy atom. The molecular weight excluding hydrogens is 284 g/mol. The first kappa shape index (κ1) is 20.9. The molecule has 126 valence electrons. The van der Waals surface area contributed by atoms with Crippen molar-refractivity contribution in [2.45, 2.75) is 54.9 Å². The summed E-state index contributed by atoms with van der Waals surface area (Å²) < 4.78 is 0. The van der Waals surface area contributed by atoms with E-state index in [0.29, 0.717) is 5.56 Å². The third kappa shape index (κ3) is 6.68. The molecule has 0 saturated carbocycles. The molecule has 0 aliphatic heterocycles. The number of aryl methyl sites for hydroxylation is 2. The van der Waals surface area contributed by atoms with Gasteiger partial charge in [-0.05, 0) is 67.6 Å². The first-order valence-corrected chi connectivity index (χ1v) is 8.35. The SMILES string of the molecule is CC.CC.CC(=O)c1cc(O)cc(Cc2ccc(C)c(C)c2)c1. The van der Waals surface area contributed by atoms with Gasteiger partial charge in [0, 0.05) is 5.56 Å². The summed E-state index contributed by atoms with van der Waals surface area (Å²) in [5.74, 6) is 0.115. The summed E-state index contributed by atoms with van der Waals surface area (Å²) >= 11 is 0. The molecule has 1 N–H and O–H groups in total. The number of ketones is 1. The van der Waals surface area contributed by atoms with E-state index in [1.54, 1.807) is 6.07 Å². The molecule has 0 fully saturated rings. The van der Waals surface area contributed by atoms with Crippen molar-refractivity contribution >= 4 is 5.78 Å². The first-order chi connectivity index (χ1) is 11.0. The highest BCUT2D eigenvalue weighted by Gasteiger charge is 2.05. The molecule has 0 unspecified atom stereocenters. The normalized spacial score (nSPS) is 9.17. The smallest absolute Gasteiger partial charge is 0.159 e. The largest absolute Gasteiger partial charge is 0.508 e. The molecule has 0 atom stereocenters. The second-order valence-corrected chi connectivity index (χ2v) is 5.04. The molecule has 0 aliphatic rings. The molecule has 0 saturated heterocycles. The average molecular weight is 314 g/mol. The van der Waals surface area contributed by atoms with Crippen LogP contribution in [0.4, 0.5) is 0 Å². The Kier molecular flexibility index (Phi) is 9.64. The van der Waals surface area contributed by atoms with Crippen molar-refractivity contribution in [2.24, 2.45) is 0 Å². The van der Waals surface area contributed by atoms with E-state index in [1.165, 1.54) is 29.7 Å². The van der Waals surface area contributed by atoms with Gasteiger partial charge in [0.25, 0.3) is 0 Å². The zero-order valence-electron chi connectivity index (χ0n) is 15.5. The lowest BCUT2D eigenvalue weighted by atomic mass is 9.98. The van der Waals surface area contributed by atoms with Crippen LogP contribution in [-0.4, -0.2) is 10.9 Å². The van der Waals surface area contributed by atoms with Crippen molar-refractivity contribution in [3.05, 3.63) is 64.2 Å². The summed E-state index contributed by atoms with van der Waals surface area (Å²) in [5.41, 5.74) is 5.21. The number of hydrogen-bond donors (Lipinski definition) is 1. The minimum absolute atomic E-state index is 0.0303. The number of benzene rings is 2. The Hall–Kier alpha value is -2.09. The summed E-state index contributed by atoms with van der Waals surface area (Å²) in [7, 11) is 0. The van der Waals surface area contributed by atoms with Gasteiger partial charge in [-0.2, -0.15) is 0 Å². The van der Waals surface area contributed by atoms with Crippen molar-refractivity contribution in [3.63, 3.8) is 0 Å². The highest BCUT2D eigenvalue weighted by Crippen LogP contribution is 2.20. The van der Waals surface area contributed by atoms with E-state index in [1.807, 2.05) is 33.8 Å². The summed E-state index contributed by atoms with van der Waals surface area (Å²) in [6, 6.07) is 11.4. The van der Waals surface area contributed by atoms with Gasteiger partial charge in [0.1, 0.15) is 5.75 Å². The Bertz CT molecular complexity index is 628. The number of phenols is 1. The number of carbonyl (C=O) groups is 1. The fourth-order valence-corrected chi connectivity index (χ4v) is 2.13. The van der Waals surface area contributed by atoms with Crippen LogP contribution in [0.15, 0.2) is 36.4 Å². The standard InChI is InChI=1S/C17H18O2.2C2H6/c1-11-4-5-14(6-12(11)2)7-15-8-16(13(3)18)10-17(19)9-15;2*1-2/h4-6,8-10,19H,7H2,1-3H3;2*1-2H3. The Balaban J connectivity index is 0.00000112.